The minimum absolute atomic E-state index is 0.118. The van der Waals surface area contributed by atoms with Crippen LogP contribution in [0.5, 0.6) is 5.75 Å². The lowest BCUT2D eigenvalue weighted by atomic mass is 10.0. The molecule has 7 nitrogen and oxygen atoms in total. The highest BCUT2D eigenvalue weighted by atomic mass is 16.3. The van der Waals surface area contributed by atoms with Crippen LogP contribution in [0.4, 0.5) is 0 Å². The quantitative estimate of drug-likeness (QED) is 0.647. The molecule has 1 aliphatic heterocycles. The topological polar surface area (TPSA) is 104 Å². The number of rotatable bonds is 2. The summed E-state index contributed by atoms with van der Waals surface area (Å²) in [5.41, 5.74) is 0.885. The number of aromatic hydroxyl groups is 1. The molecule has 3 N–H and O–H groups in total. The summed E-state index contributed by atoms with van der Waals surface area (Å²) in [6.45, 7) is 0. The largest absolute Gasteiger partial charge is 0.508 e. The van der Waals surface area contributed by atoms with Crippen LogP contribution in [0.3, 0.4) is 0 Å². The van der Waals surface area contributed by atoms with Gasteiger partial charge in [-0.3, -0.25) is 14.2 Å². The molecular formula is C18H15N3O4. The van der Waals surface area contributed by atoms with Gasteiger partial charge >= 0.3 is 0 Å². The van der Waals surface area contributed by atoms with E-state index in [4.69, 9.17) is 0 Å². The van der Waals surface area contributed by atoms with E-state index in [0.29, 0.717) is 10.9 Å². The second kappa shape index (κ2) is 5.71. The number of nitrogens with zero attached hydrogens (tertiary/aromatic N) is 2. The zero-order valence-electron chi connectivity index (χ0n) is 13.1. The minimum Gasteiger partial charge on any atom is -0.508 e. The average molecular weight is 337 g/mol. The average Bonchev–Trinajstić information content (AvgIpc) is 2.61. The third-order valence-corrected chi connectivity index (χ3v) is 4.34. The van der Waals surface area contributed by atoms with Gasteiger partial charge < -0.3 is 15.5 Å². The Kier molecular flexibility index (Phi) is 3.51. The van der Waals surface area contributed by atoms with E-state index >= 15 is 0 Å². The molecule has 0 saturated heterocycles. The number of hydrogen-bond donors (Lipinski definition) is 3. The van der Waals surface area contributed by atoms with E-state index in [0.717, 1.165) is 5.56 Å². The van der Waals surface area contributed by atoms with Crippen LogP contribution in [0.2, 0.25) is 0 Å². The van der Waals surface area contributed by atoms with Gasteiger partial charge in [0.1, 0.15) is 11.8 Å². The number of aliphatic hydroxyl groups excluding tert-OH is 1. The fourth-order valence-corrected chi connectivity index (χ4v) is 3.11. The number of aromatic nitrogens is 2. The van der Waals surface area contributed by atoms with Crippen LogP contribution in [-0.2, 0) is 11.2 Å². The number of amides is 1. The Bertz CT molecular complexity index is 1030. The Morgan fingerprint density at radius 3 is 2.56 bits per heavy atom. The van der Waals surface area contributed by atoms with Crippen molar-refractivity contribution in [3.8, 4) is 5.75 Å². The first-order valence-electron chi connectivity index (χ1n) is 7.82. The van der Waals surface area contributed by atoms with Crippen molar-refractivity contribution in [3.05, 3.63) is 70.3 Å². The Morgan fingerprint density at radius 1 is 1.08 bits per heavy atom. The van der Waals surface area contributed by atoms with Crippen LogP contribution in [0.1, 0.15) is 23.7 Å². The van der Waals surface area contributed by atoms with Gasteiger partial charge in [-0.1, -0.05) is 24.3 Å². The second-order valence-corrected chi connectivity index (χ2v) is 5.96. The van der Waals surface area contributed by atoms with Gasteiger partial charge in [-0.2, -0.15) is 0 Å². The van der Waals surface area contributed by atoms with Crippen LogP contribution in [0.25, 0.3) is 10.9 Å². The number of aliphatic hydroxyl groups is 1. The van der Waals surface area contributed by atoms with Gasteiger partial charge in [-0.25, -0.2) is 4.98 Å². The van der Waals surface area contributed by atoms with Crippen LogP contribution in [0.15, 0.2) is 53.3 Å². The van der Waals surface area contributed by atoms with Crippen LogP contribution < -0.4 is 10.9 Å². The van der Waals surface area contributed by atoms with Crippen molar-refractivity contribution in [1.29, 1.82) is 0 Å². The number of benzene rings is 2. The molecule has 0 saturated carbocycles. The molecule has 0 bridgehead atoms. The zero-order chi connectivity index (χ0) is 17.6. The van der Waals surface area contributed by atoms with E-state index in [1.165, 1.54) is 16.7 Å². The number of phenolic OH excluding ortho intramolecular Hbond substituents is 1. The van der Waals surface area contributed by atoms with Crippen LogP contribution >= 0.6 is 0 Å². The summed E-state index contributed by atoms with van der Waals surface area (Å²) in [6, 6.07) is 12.4. The van der Waals surface area contributed by atoms with Gasteiger partial charge in [0, 0.05) is 6.42 Å². The standard InChI is InChI=1S/C18H15N3O4/c22-11-7-5-10(6-8-11)9-14-16(23)20-17(24)15-19-13-4-2-1-3-12(13)18(25)21(14)15/h1-8,14,17,22,24H,9H2,(H,20,23)/t14-,17-/m0/s1. The number of nitrogens with one attached hydrogen (secondary N) is 1. The smallest absolute Gasteiger partial charge is 0.262 e. The first kappa shape index (κ1) is 15.3. The first-order chi connectivity index (χ1) is 12.0. The van der Waals surface area contributed by atoms with E-state index < -0.39 is 18.2 Å². The fraction of sp³-hybridized carbons (Fsp3) is 0.167. The van der Waals surface area contributed by atoms with Crippen LogP contribution in [0, 0.1) is 0 Å². The van der Waals surface area contributed by atoms with E-state index in [1.54, 1.807) is 36.4 Å². The second-order valence-electron chi connectivity index (χ2n) is 5.96. The van der Waals surface area contributed by atoms with Crippen LogP contribution in [-0.4, -0.2) is 25.7 Å². The van der Waals surface area contributed by atoms with Crippen molar-refractivity contribution in [2.75, 3.05) is 0 Å². The lowest BCUT2D eigenvalue weighted by Gasteiger charge is -2.30. The lowest BCUT2D eigenvalue weighted by molar-refractivity contribution is -0.130. The molecule has 2 heterocycles. The molecule has 0 spiro atoms. The molecule has 2 aromatic carbocycles. The first-order valence-corrected chi connectivity index (χ1v) is 7.82. The third-order valence-electron chi connectivity index (χ3n) is 4.34. The van der Waals surface area contributed by atoms with Crippen molar-refractivity contribution < 1.29 is 15.0 Å². The molecular weight excluding hydrogens is 322 g/mol. The Hall–Kier alpha value is -3.19. The molecule has 0 unspecified atom stereocenters. The monoisotopic (exact) mass is 337 g/mol. The molecule has 1 aliphatic rings. The van der Waals surface area contributed by atoms with Gasteiger partial charge in [0.15, 0.2) is 12.1 Å². The minimum atomic E-state index is -1.33. The zero-order valence-corrected chi connectivity index (χ0v) is 13.1. The SMILES string of the molecule is O=C1N[C@@H](O)c2nc3ccccc3c(=O)n2[C@H]1Cc1ccc(O)cc1. The lowest BCUT2D eigenvalue weighted by Crippen LogP contribution is -2.48. The number of carbonyl (C=O) groups is 1. The Labute approximate surface area is 142 Å². The molecule has 3 aromatic rings. The van der Waals surface area contributed by atoms with E-state index in [1.807, 2.05) is 0 Å². The molecule has 1 amide bonds. The summed E-state index contributed by atoms with van der Waals surface area (Å²) in [6.07, 6.45) is -1.09. The summed E-state index contributed by atoms with van der Waals surface area (Å²) in [5, 5.41) is 22.4. The van der Waals surface area contributed by atoms with Gasteiger partial charge in [0.2, 0.25) is 5.91 Å². The highest BCUT2D eigenvalue weighted by Crippen LogP contribution is 2.25. The highest BCUT2D eigenvalue weighted by molar-refractivity contribution is 5.84. The van der Waals surface area contributed by atoms with E-state index in [-0.39, 0.29) is 23.6 Å². The maximum Gasteiger partial charge on any atom is 0.262 e. The van der Waals surface area contributed by atoms with E-state index in [2.05, 4.69) is 10.3 Å². The number of para-hydroxylation sites is 1. The van der Waals surface area contributed by atoms with Gasteiger partial charge in [0.05, 0.1) is 10.9 Å². The Morgan fingerprint density at radius 2 is 1.80 bits per heavy atom. The molecule has 7 heteroatoms. The van der Waals surface area contributed by atoms with Crippen molar-refractivity contribution in [1.82, 2.24) is 14.9 Å². The maximum absolute atomic E-state index is 12.9. The van der Waals surface area contributed by atoms with Gasteiger partial charge in [-0.15, -0.1) is 0 Å². The van der Waals surface area contributed by atoms with Gasteiger partial charge in [0.25, 0.3) is 5.56 Å². The molecule has 0 fully saturated rings. The summed E-state index contributed by atoms with van der Waals surface area (Å²) in [5.74, 6) is -0.211. The fourth-order valence-electron chi connectivity index (χ4n) is 3.11. The number of phenols is 1. The summed E-state index contributed by atoms with van der Waals surface area (Å²) in [7, 11) is 0. The molecule has 0 radical (unpaired) electrons. The third kappa shape index (κ3) is 2.54. The van der Waals surface area contributed by atoms with Crippen molar-refractivity contribution in [3.63, 3.8) is 0 Å². The molecule has 1 aromatic heterocycles. The maximum atomic E-state index is 12.9. The Balaban J connectivity index is 1.88. The summed E-state index contributed by atoms with van der Waals surface area (Å²) < 4.78 is 1.26. The normalized spacial score (nSPS) is 19.5. The molecule has 126 valence electrons. The molecule has 2 atom stereocenters. The predicted octanol–water partition coefficient (Wildman–Crippen LogP) is 1.01. The van der Waals surface area contributed by atoms with Crippen molar-refractivity contribution >= 4 is 16.8 Å². The molecule has 4 rings (SSSR count). The van der Waals surface area contributed by atoms with Crippen molar-refractivity contribution in [2.24, 2.45) is 0 Å². The summed E-state index contributed by atoms with van der Waals surface area (Å²) in [4.78, 5) is 29.7. The number of fused-ring (bicyclic) bond motifs is 2. The predicted molar refractivity (Wildman–Crippen MR) is 90.0 cm³/mol. The van der Waals surface area contributed by atoms with Gasteiger partial charge in [-0.05, 0) is 29.8 Å². The summed E-state index contributed by atoms with van der Waals surface area (Å²) >= 11 is 0. The van der Waals surface area contributed by atoms with Crippen molar-refractivity contribution in [2.45, 2.75) is 18.7 Å². The molecule has 0 aliphatic carbocycles. The number of hydrogen-bond acceptors (Lipinski definition) is 5. The molecule has 25 heavy (non-hydrogen) atoms. The number of carbonyl (C=O) groups excluding carboxylic acids is 1. The highest BCUT2D eigenvalue weighted by Gasteiger charge is 2.34. The van der Waals surface area contributed by atoms with E-state index in [9.17, 15) is 19.8 Å².